The maximum absolute atomic E-state index is 14.3. The molecule has 1 atom stereocenters. The lowest BCUT2D eigenvalue weighted by Crippen LogP contribution is -2.49. The van der Waals surface area contributed by atoms with Gasteiger partial charge in [-0.05, 0) is 13.8 Å². The number of nitrogens with one attached hydrogen (secondary N) is 2. The largest absolute Gasteiger partial charge is 0.361 e. The molecule has 2 N–H and O–H groups in total. The lowest BCUT2D eigenvalue weighted by Gasteiger charge is -2.32. The molecule has 0 aromatic carbocycles. The van der Waals surface area contributed by atoms with Crippen LogP contribution in [0.1, 0.15) is 22.3 Å². The van der Waals surface area contributed by atoms with Crippen molar-refractivity contribution >= 4 is 33.8 Å². The molecule has 3 aromatic heterocycles. The first-order valence-corrected chi connectivity index (χ1v) is 9.09. The van der Waals surface area contributed by atoms with E-state index in [1.807, 2.05) is 6.92 Å². The smallest absolute Gasteiger partial charge is 0.271 e. The van der Waals surface area contributed by atoms with Gasteiger partial charge in [-0.3, -0.25) is 15.1 Å². The highest BCUT2D eigenvalue weighted by Crippen LogP contribution is 2.30. The summed E-state index contributed by atoms with van der Waals surface area (Å²) in [5, 5.41) is 10.8. The number of anilines is 2. The highest BCUT2D eigenvalue weighted by atomic mass is 32.1. The molecular formula is C16H18FN7OS. The summed E-state index contributed by atoms with van der Waals surface area (Å²) in [4.78, 5) is 22.9. The van der Waals surface area contributed by atoms with Crippen LogP contribution in [0, 0.1) is 12.7 Å². The van der Waals surface area contributed by atoms with Crippen LogP contribution in [0.5, 0.6) is 0 Å². The number of aryl methyl sites for hydroxylation is 1. The van der Waals surface area contributed by atoms with Gasteiger partial charge in [0.25, 0.3) is 5.91 Å². The number of piperazine rings is 1. The Labute approximate surface area is 153 Å². The van der Waals surface area contributed by atoms with Gasteiger partial charge in [-0.15, -0.1) is 16.4 Å². The zero-order valence-electron chi connectivity index (χ0n) is 14.4. The quantitative estimate of drug-likeness (QED) is 0.724. The van der Waals surface area contributed by atoms with Crippen molar-refractivity contribution in [2.45, 2.75) is 19.9 Å². The third kappa shape index (κ3) is 3.25. The minimum absolute atomic E-state index is 0.0272. The van der Waals surface area contributed by atoms with Crippen molar-refractivity contribution in [1.82, 2.24) is 24.9 Å². The Bertz CT molecular complexity index is 969. The number of hydrogen-bond acceptors (Lipinski definition) is 7. The van der Waals surface area contributed by atoms with E-state index in [0.717, 1.165) is 41.7 Å². The predicted octanol–water partition coefficient (Wildman–Crippen LogP) is 1.68. The van der Waals surface area contributed by atoms with Crippen LogP contribution in [-0.2, 0) is 0 Å². The van der Waals surface area contributed by atoms with E-state index >= 15 is 0 Å². The molecule has 1 aliphatic rings. The number of carbonyl (C=O) groups is 1. The van der Waals surface area contributed by atoms with Crippen LogP contribution in [0.15, 0.2) is 18.5 Å². The van der Waals surface area contributed by atoms with Crippen LogP contribution in [-0.4, -0.2) is 51.2 Å². The van der Waals surface area contributed by atoms with Crippen molar-refractivity contribution in [3.8, 4) is 0 Å². The Hall–Kier alpha value is -2.59. The van der Waals surface area contributed by atoms with Gasteiger partial charge in [0.05, 0.1) is 23.1 Å². The van der Waals surface area contributed by atoms with Crippen molar-refractivity contribution in [3.63, 3.8) is 0 Å². The fourth-order valence-electron chi connectivity index (χ4n) is 2.90. The van der Waals surface area contributed by atoms with E-state index in [4.69, 9.17) is 0 Å². The number of aromatic nitrogens is 4. The highest BCUT2D eigenvalue weighted by molar-refractivity contribution is 7.18. The Morgan fingerprint density at radius 2 is 2.35 bits per heavy atom. The first-order chi connectivity index (χ1) is 12.5. The standard InChI is InChI=1S/C16H18FN7OS/c1-9-7-23(4-3-18-9)13-5-11(17)14(26-13)15(25)21-16-20-12-6-19-10(2)8-24(12)22-16/h5-6,8-9,18H,3-4,7H2,1-2H3,(H,21,22,25). The fourth-order valence-corrected chi connectivity index (χ4v) is 3.87. The zero-order valence-corrected chi connectivity index (χ0v) is 15.2. The maximum atomic E-state index is 14.3. The van der Waals surface area contributed by atoms with E-state index in [2.05, 4.69) is 37.5 Å². The Balaban J connectivity index is 1.54. The van der Waals surface area contributed by atoms with Gasteiger partial charge in [0, 0.05) is 31.7 Å². The monoisotopic (exact) mass is 375 g/mol. The minimum atomic E-state index is -0.553. The molecule has 0 saturated carbocycles. The topological polar surface area (TPSA) is 87.5 Å². The van der Waals surface area contributed by atoms with E-state index < -0.39 is 11.7 Å². The zero-order chi connectivity index (χ0) is 18.3. The minimum Gasteiger partial charge on any atom is -0.361 e. The number of halogens is 1. The summed E-state index contributed by atoms with van der Waals surface area (Å²) in [5.41, 5.74) is 1.28. The molecule has 136 valence electrons. The molecular weight excluding hydrogens is 357 g/mol. The first kappa shape index (κ1) is 16.9. The SMILES string of the molecule is Cc1cn2nc(NC(=O)c3sc(N4CCNC(C)C4)cc3F)nc2cn1. The second-order valence-electron chi connectivity index (χ2n) is 6.28. The number of rotatable bonds is 3. The summed E-state index contributed by atoms with van der Waals surface area (Å²) in [6, 6.07) is 1.74. The van der Waals surface area contributed by atoms with E-state index in [9.17, 15) is 9.18 Å². The summed E-state index contributed by atoms with van der Waals surface area (Å²) in [6.45, 7) is 6.31. The second kappa shape index (κ2) is 6.61. The average molecular weight is 375 g/mol. The number of nitrogens with zero attached hydrogens (tertiary/aromatic N) is 5. The molecule has 3 aromatic rings. The van der Waals surface area contributed by atoms with Gasteiger partial charge in [-0.2, -0.15) is 4.98 Å². The van der Waals surface area contributed by atoms with Crippen LogP contribution in [0.4, 0.5) is 15.3 Å². The van der Waals surface area contributed by atoms with Crippen molar-refractivity contribution in [3.05, 3.63) is 34.8 Å². The van der Waals surface area contributed by atoms with E-state index in [1.54, 1.807) is 12.4 Å². The molecule has 1 saturated heterocycles. The van der Waals surface area contributed by atoms with E-state index in [1.165, 1.54) is 10.6 Å². The molecule has 4 rings (SSSR count). The molecule has 0 radical (unpaired) electrons. The molecule has 0 aliphatic carbocycles. The van der Waals surface area contributed by atoms with Gasteiger partial charge in [-0.25, -0.2) is 8.91 Å². The first-order valence-electron chi connectivity index (χ1n) is 8.27. The predicted molar refractivity (Wildman–Crippen MR) is 97.4 cm³/mol. The number of carbonyl (C=O) groups excluding carboxylic acids is 1. The molecule has 4 heterocycles. The fraction of sp³-hybridized carbons (Fsp3) is 0.375. The molecule has 10 heteroatoms. The van der Waals surface area contributed by atoms with Gasteiger partial charge >= 0.3 is 0 Å². The van der Waals surface area contributed by atoms with Gasteiger partial charge in [0.1, 0.15) is 10.7 Å². The summed E-state index contributed by atoms with van der Waals surface area (Å²) >= 11 is 1.14. The van der Waals surface area contributed by atoms with Crippen molar-refractivity contribution in [1.29, 1.82) is 0 Å². The third-order valence-electron chi connectivity index (χ3n) is 4.14. The number of hydrogen-bond donors (Lipinski definition) is 2. The van der Waals surface area contributed by atoms with Crippen LogP contribution in [0.3, 0.4) is 0 Å². The van der Waals surface area contributed by atoms with Crippen molar-refractivity contribution in [2.24, 2.45) is 0 Å². The average Bonchev–Trinajstić information content (AvgIpc) is 3.17. The summed E-state index contributed by atoms with van der Waals surface area (Å²) in [6.07, 6.45) is 3.26. The Morgan fingerprint density at radius 1 is 1.50 bits per heavy atom. The van der Waals surface area contributed by atoms with Gasteiger partial charge in [0.2, 0.25) is 5.95 Å². The molecule has 1 fully saturated rings. The molecule has 0 spiro atoms. The van der Waals surface area contributed by atoms with E-state index in [0.29, 0.717) is 11.7 Å². The van der Waals surface area contributed by atoms with Crippen molar-refractivity contribution in [2.75, 3.05) is 29.9 Å². The van der Waals surface area contributed by atoms with Gasteiger partial charge in [-0.1, -0.05) is 0 Å². The number of amides is 1. The van der Waals surface area contributed by atoms with E-state index in [-0.39, 0.29) is 10.8 Å². The highest BCUT2D eigenvalue weighted by Gasteiger charge is 2.23. The molecule has 8 nitrogen and oxygen atoms in total. The Morgan fingerprint density at radius 3 is 3.15 bits per heavy atom. The number of fused-ring (bicyclic) bond motifs is 1. The Kier molecular flexibility index (Phi) is 4.29. The summed E-state index contributed by atoms with van der Waals surface area (Å²) in [7, 11) is 0. The lowest BCUT2D eigenvalue weighted by molar-refractivity contribution is 0.102. The lowest BCUT2D eigenvalue weighted by atomic mass is 10.2. The molecule has 1 amide bonds. The number of thiophene rings is 1. The van der Waals surface area contributed by atoms with Crippen LogP contribution >= 0.6 is 11.3 Å². The van der Waals surface area contributed by atoms with Crippen LogP contribution in [0.25, 0.3) is 5.65 Å². The summed E-state index contributed by atoms with van der Waals surface area (Å²) < 4.78 is 15.8. The third-order valence-corrected chi connectivity index (χ3v) is 5.31. The molecule has 1 aliphatic heterocycles. The second-order valence-corrected chi connectivity index (χ2v) is 7.31. The molecule has 26 heavy (non-hydrogen) atoms. The van der Waals surface area contributed by atoms with Crippen LogP contribution < -0.4 is 15.5 Å². The molecule has 0 bridgehead atoms. The maximum Gasteiger partial charge on any atom is 0.271 e. The summed E-state index contributed by atoms with van der Waals surface area (Å²) in [5.74, 6) is -0.968. The van der Waals surface area contributed by atoms with Gasteiger partial charge in [0.15, 0.2) is 5.65 Å². The van der Waals surface area contributed by atoms with Gasteiger partial charge < -0.3 is 10.2 Å². The normalized spacial score (nSPS) is 17.7. The van der Waals surface area contributed by atoms with Crippen molar-refractivity contribution < 1.29 is 9.18 Å². The van der Waals surface area contributed by atoms with Crippen LogP contribution in [0.2, 0.25) is 0 Å². The molecule has 1 unspecified atom stereocenters.